The van der Waals surface area contributed by atoms with Crippen molar-refractivity contribution in [3.05, 3.63) is 35.9 Å². The standard InChI is InChI=1S/C11H15NO2/c13-10-7-12(8-11(10)14)6-9-4-2-1-3-5-9/h1-5,10-11,13-14H,6-8H2/t10-,11-/m0/s1. The zero-order valence-corrected chi connectivity index (χ0v) is 8.00. The maximum absolute atomic E-state index is 9.35. The van der Waals surface area contributed by atoms with Gasteiger partial charge in [-0.3, -0.25) is 4.90 Å². The van der Waals surface area contributed by atoms with Crippen LogP contribution in [0.15, 0.2) is 30.3 Å². The number of likely N-dealkylation sites (tertiary alicyclic amines) is 1. The Bertz CT molecular complexity index is 279. The number of rotatable bonds is 2. The smallest absolute Gasteiger partial charge is 0.0938 e. The van der Waals surface area contributed by atoms with Crippen molar-refractivity contribution in [3.8, 4) is 0 Å². The van der Waals surface area contributed by atoms with Crippen molar-refractivity contribution >= 4 is 0 Å². The lowest BCUT2D eigenvalue weighted by Gasteiger charge is -2.14. The minimum atomic E-state index is -0.585. The lowest BCUT2D eigenvalue weighted by Crippen LogP contribution is -2.22. The molecule has 3 heteroatoms. The molecule has 0 bridgehead atoms. The number of aliphatic hydroxyl groups excluding tert-OH is 2. The third-order valence-corrected chi connectivity index (χ3v) is 2.58. The molecule has 3 nitrogen and oxygen atoms in total. The second-order valence-electron chi connectivity index (χ2n) is 3.81. The molecular formula is C11H15NO2. The molecule has 1 aromatic carbocycles. The average Bonchev–Trinajstić information content (AvgIpc) is 2.47. The summed E-state index contributed by atoms with van der Waals surface area (Å²) < 4.78 is 0. The summed E-state index contributed by atoms with van der Waals surface area (Å²) >= 11 is 0. The van der Waals surface area contributed by atoms with Crippen molar-refractivity contribution in [1.82, 2.24) is 4.90 Å². The van der Waals surface area contributed by atoms with Crippen molar-refractivity contribution in [3.63, 3.8) is 0 Å². The predicted molar refractivity (Wildman–Crippen MR) is 53.7 cm³/mol. The quantitative estimate of drug-likeness (QED) is 0.706. The predicted octanol–water partition coefficient (Wildman–Crippen LogP) is 0.224. The van der Waals surface area contributed by atoms with Gasteiger partial charge in [-0.1, -0.05) is 30.3 Å². The fraction of sp³-hybridized carbons (Fsp3) is 0.455. The molecule has 76 valence electrons. The monoisotopic (exact) mass is 193 g/mol. The average molecular weight is 193 g/mol. The van der Waals surface area contributed by atoms with E-state index in [1.807, 2.05) is 18.2 Å². The van der Waals surface area contributed by atoms with Crippen LogP contribution in [0.4, 0.5) is 0 Å². The van der Waals surface area contributed by atoms with Gasteiger partial charge < -0.3 is 10.2 Å². The molecule has 2 N–H and O–H groups in total. The van der Waals surface area contributed by atoms with Gasteiger partial charge in [0.15, 0.2) is 0 Å². The highest BCUT2D eigenvalue weighted by molar-refractivity contribution is 5.14. The van der Waals surface area contributed by atoms with Gasteiger partial charge >= 0.3 is 0 Å². The number of hydrogen-bond acceptors (Lipinski definition) is 3. The van der Waals surface area contributed by atoms with E-state index < -0.39 is 12.2 Å². The maximum Gasteiger partial charge on any atom is 0.0938 e. The van der Waals surface area contributed by atoms with E-state index >= 15 is 0 Å². The second kappa shape index (κ2) is 4.09. The van der Waals surface area contributed by atoms with Gasteiger partial charge in [-0.05, 0) is 5.56 Å². The third-order valence-electron chi connectivity index (χ3n) is 2.58. The fourth-order valence-electron chi connectivity index (χ4n) is 1.82. The molecule has 1 aliphatic heterocycles. The van der Waals surface area contributed by atoms with Crippen LogP contribution in [-0.4, -0.2) is 40.4 Å². The van der Waals surface area contributed by atoms with E-state index in [9.17, 15) is 10.2 Å². The minimum absolute atomic E-state index is 0.566. The second-order valence-corrected chi connectivity index (χ2v) is 3.81. The van der Waals surface area contributed by atoms with Crippen LogP contribution >= 0.6 is 0 Å². The maximum atomic E-state index is 9.35. The Balaban J connectivity index is 1.94. The summed E-state index contributed by atoms with van der Waals surface area (Å²) in [5, 5.41) is 18.7. The van der Waals surface area contributed by atoms with Crippen molar-refractivity contribution < 1.29 is 10.2 Å². The summed E-state index contributed by atoms with van der Waals surface area (Å²) in [4.78, 5) is 2.06. The van der Waals surface area contributed by atoms with Crippen LogP contribution < -0.4 is 0 Å². The van der Waals surface area contributed by atoms with Gasteiger partial charge in [-0.15, -0.1) is 0 Å². The summed E-state index contributed by atoms with van der Waals surface area (Å²) in [7, 11) is 0. The highest BCUT2D eigenvalue weighted by Crippen LogP contribution is 2.13. The number of benzene rings is 1. The van der Waals surface area contributed by atoms with Crippen LogP contribution in [0.3, 0.4) is 0 Å². The molecule has 0 aliphatic carbocycles. The Labute approximate surface area is 83.6 Å². The summed E-state index contributed by atoms with van der Waals surface area (Å²) in [6.45, 7) is 1.93. The van der Waals surface area contributed by atoms with Crippen LogP contribution in [0.1, 0.15) is 5.56 Å². The van der Waals surface area contributed by atoms with Crippen molar-refractivity contribution in [2.45, 2.75) is 18.8 Å². The number of aliphatic hydroxyl groups is 2. The number of β-amino-alcohol motifs (C(OH)–C–C–N with tert-alkyl or cyclic N) is 2. The lowest BCUT2D eigenvalue weighted by atomic mass is 10.2. The van der Waals surface area contributed by atoms with E-state index in [1.54, 1.807) is 0 Å². The molecular weight excluding hydrogens is 178 g/mol. The summed E-state index contributed by atoms with van der Waals surface area (Å²) in [6.07, 6.45) is -1.17. The summed E-state index contributed by atoms with van der Waals surface area (Å²) in [5.41, 5.74) is 1.22. The van der Waals surface area contributed by atoms with Crippen LogP contribution in [-0.2, 0) is 6.54 Å². The topological polar surface area (TPSA) is 43.7 Å². The third kappa shape index (κ3) is 2.12. The van der Waals surface area contributed by atoms with Crippen LogP contribution in [0.2, 0.25) is 0 Å². The summed E-state index contributed by atoms with van der Waals surface area (Å²) in [5.74, 6) is 0. The molecule has 1 aromatic rings. The summed E-state index contributed by atoms with van der Waals surface area (Å²) in [6, 6.07) is 10.1. The van der Waals surface area contributed by atoms with E-state index in [0.717, 1.165) is 6.54 Å². The van der Waals surface area contributed by atoms with Crippen molar-refractivity contribution in [1.29, 1.82) is 0 Å². The number of hydrogen-bond donors (Lipinski definition) is 2. The van der Waals surface area contributed by atoms with E-state index in [2.05, 4.69) is 17.0 Å². The molecule has 1 saturated heterocycles. The molecule has 0 unspecified atom stereocenters. The minimum Gasteiger partial charge on any atom is -0.389 e. The molecule has 1 fully saturated rings. The molecule has 14 heavy (non-hydrogen) atoms. The highest BCUT2D eigenvalue weighted by atomic mass is 16.3. The molecule has 0 amide bonds. The Morgan fingerprint density at radius 2 is 1.64 bits per heavy atom. The van der Waals surface area contributed by atoms with E-state index in [-0.39, 0.29) is 0 Å². The molecule has 2 rings (SSSR count). The Kier molecular flexibility index (Phi) is 2.82. The first kappa shape index (κ1) is 9.65. The molecule has 1 heterocycles. The highest BCUT2D eigenvalue weighted by Gasteiger charge is 2.28. The van der Waals surface area contributed by atoms with Crippen LogP contribution in [0.25, 0.3) is 0 Å². The molecule has 0 aromatic heterocycles. The molecule has 0 radical (unpaired) electrons. The first-order chi connectivity index (χ1) is 6.75. The van der Waals surface area contributed by atoms with Gasteiger partial charge in [-0.25, -0.2) is 0 Å². The van der Waals surface area contributed by atoms with Gasteiger partial charge in [-0.2, -0.15) is 0 Å². The van der Waals surface area contributed by atoms with E-state index in [4.69, 9.17) is 0 Å². The van der Waals surface area contributed by atoms with Gasteiger partial charge in [0.25, 0.3) is 0 Å². The fourth-order valence-corrected chi connectivity index (χ4v) is 1.82. The number of nitrogens with zero attached hydrogens (tertiary/aromatic N) is 1. The van der Waals surface area contributed by atoms with Crippen LogP contribution in [0, 0.1) is 0 Å². The Hall–Kier alpha value is -0.900. The molecule has 1 aliphatic rings. The molecule has 0 saturated carbocycles. The van der Waals surface area contributed by atoms with Gasteiger partial charge in [0.05, 0.1) is 12.2 Å². The normalized spacial score (nSPS) is 28.1. The van der Waals surface area contributed by atoms with Crippen molar-refractivity contribution in [2.75, 3.05) is 13.1 Å². The zero-order valence-electron chi connectivity index (χ0n) is 8.00. The first-order valence-electron chi connectivity index (χ1n) is 4.88. The Morgan fingerprint density at radius 1 is 1.07 bits per heavy atom. The molecule has 2 atom stereocenters. The van der Waals surface area contributed by atoms with Crippen LogP contribution in [0.5, 0.6) is 0 Å². The SMILES string of the molecule is O[C@H]1CN(Cc2ccccc2)C[C@@H]1O. The largest absolute Gasteiger partial charge is 0.389 e. The van der Waals surface area contributed by atoms with Gasteiger partial charge in [0.1, 0.15) is 0 Å². The van der Waals surface area contributed by atoms with E-state index in [0.29, 0.717) is 13.1 Å². The lowest BCUT2D eigenvalue weighted by molar-refractivity contribution is 0.0572. The van der Waals surface area contributed by atoms with Gasteiger partial charge in [0.2, 0.25) is 0 Å². The van der Waals surface area contributed by atoms with Crippen molar-refractivity contribution in [2.24, 2.45) is 0 Å². The molecule has 0 spiro atoms. The zero-order chi connectivity index (χ0) is 9.97. The first-order valence-corrected chi connectivity index (χ1v) is 4.88. The Morgan fingerprint density at radius 3 is 2.21 bits per heavy atom. The van der Waals surface area contributed by atoms with Gasteiger partial charge in [0, 0.05) is 19.6 Å². The van der Waals surface area contributed by atoms with E-state index in [1.165, 1.54) is 5.56 Å².